The summed E-state index contributed by atoms with van der Waals surface area (Å²) in [7, 11) is 0. The van der Waals surface area contributed by atoms with Crippen LogP contribution in [0.25, 0.3) is 10.9 Å². The number of aromatic carboxylic acids is 1. The van der Waals surface area contributed by atoms with Crippen molar-refractivity contribution in [2.24, 2.45) is 0 Å². The lowest BCUT2D eigenvalue weighted by molar-refractivity contribution is -0.136. The SMILES string of the molecule is Cc1c(C(=O)O)[nH]c2ccc(CC(=O)O)cc2c1=O. The minimum absolute atomic E-state index is 0.104. The van der Waals surface area contributed by atoms with Crippen LogP contribution in [0.2, 0.25) is 0 Å². The second-order valence-electron chi connectivity index (χ2n) is 4.21. The molecule has 1 aromatic carbocycles. The van der Waals surface area contributed by atoms with E-state index in [4.69, 9.17) is 10.2 Å². The fourth-order valence-electron chi connectivity index (χ4n) is 1.93. The first-order valence-electron chi connectivity index (χ1n) is 5.50. The third-order valence-corrected chi connectivity index (χ3v) is 2.87. The van der Waals surface area contributed by atoms with E-state index in [9.17, 15) is 14.4 Å². The number of benzene rings is 1. The van der Waals surface area contributed by atoms with Gasteiger partial charge in [0, 0.05) is 16.5 Å². The summed E-state index contributed by atoms with van der Waals surface area (Å²) in [5, 5.41) is 18.0. The summed E-state index contributed by atoms with van der Waals surface area (Å²) in [6.07, 6.45) is -0.185. The van der Waals surface area contributed by atoms with E-state index in [1.165, 1.54) is 19.1 Å². The average Bonchev–Trinajstić information content (AvgIpc) is 2.33. The molecule has 0 aliphatic rings. The molecule has 6 nitrogen and oxygen atoms in total. The van der Waals surface area contributed by atoms with Crippen LogP contribution >= 0.6 is 0 Å². The Balaban J connectivity index is 2.71. The maximum Gasteiger partial charge on any atom is 0.352 e. The molecule has 0 spiro atoms. The van der Waals surface area contributed by atoms with Crippen LogP contribution in [0.1, 0.15) is 21.6 Å². The molecule has 98 valence electrons. The Morgan fingerprint density at radius 2 is 1.95 bits per heavy atom. The number of aliphatic carboxylic acids is 1. The molecule has 3 N–H and O–H groups in total. The number of carboxylic acid groups (broad SMARTS) is 2. The van der Waals surface area contributed by atoms with Gasteiger partial charge in [-0.25, -0.2) is 4.79 Å². The van der Waals surface area contributed by atoms with E-state index in [-0.39, 0.29) is 17.7 Å². The second kappa shape index (κ2) is 4.56. The molecule has 0 aliphatic heterocycles. The summed E-state index contributed by atoms with van der Waals surface area (Å²) >= 11 is 0. The minimum atomic E-state index is -1.20. The lowest BCUT2D eigenvalue weighted by Crippen LogP contribution is -2.15. The Labute approximate surface area is 107 Å². The van der Waals surface area contributed by atoms with Crippen LogP contribution in [0.5, 0.6) is 0 Å². The fraction of sp³-hybridized carbons (Fsp3) is 0.154. The van der Waals surface area contributed by atoms with Crippen LogP contribution in [-0.4, -0.2) is 27.1 Å². The van der Waals surface area contributed by atoms with Gasteiger partial charge in [0.05, 0.1) is 6.42 Å². The summed E-state index contributed by atoms with van der Waals surface area (Å²) < 4.78 is 0. The summed E-state index contributed by atoms with van der Waals surface area (Å²) in [4.78, 5) is 36.3. The van der Waals surface area contributed by atoms with Gasteiger partial charge in [-0.1, -0.05) is 6.07 Å². The highest BCUT2D eigenvalue weighted by molar-refractivity contribution is 5.91. The van der Waals surface area contributed by atoms with Gasteiger partial charge in [0.1, 0.15) is 5.69 Å². The molecule has 6 heteroatoms. The molecule has 19 heavy (non-hydrogen) atoms. The van der Waals surface area contributed by atoms with Gasteiger partial charge < -0.3 is 15.2 Å². The maximum atomic E-state index is 12.1. The summed E-state index contributed by atoms with van der Waals surface area (Å²) in [5.74, 6) is -2.19. The van der Waals surface area contributed by atoms with Gasteiger partial charge in [0.2, 0.25) is 0 Å². The molecule has 0 aliphatic carbocycles. The molecule has 2 aromatic rings. The van der Waals surface area contributed by atoms with Crippen molar-refractivity contribution in [2.45, 2.75) is 13.3 Å². The molecule has 0 radical (unpaired) electrons. The molecule has 0 amide bonds. The zero-order valence-corrected chi connectivity index (χ0v) is 10.1. The van der Waals surface area contributed by atoms with E-state index in [0.717, 1.165) is 0 Å². The normalized spacial score (nSPS) is 10.6. The zero-order valence-electron chi connectivity index (χ0n) is 10.1. The fourth-order valence-corrected chi connectivity index (χ4v) is 1.93. The molecule has 0 atom stereocenters. The number of pyridine rings is 1. The number of fused-ring (bicyclic) bond motifs is 1. The molecule has 0 unspecified atom stereocenters. The van der Waals surface area contributed by atoms with E-state index in [2.05, 4.69) is 4.98 Å². The van der Waals surface area contributed by atoms with E-state index >= 15 is 0 Å². The molecule has 1 aromatic heterocycles. The number of carbonyl (C=O) groups is 2. The van der Waals surface area contributed by atoms with Gasteiger partial charge in [-0.2, -0.15) is 0 Å². The van der Waals surface area contributed by atoms with Crippen LogP contribution in [0, 0.1) is 6.92 Å². The van der Waals surface area contributed by atoms with Crippen LogP contribution in [-0.2, 0) is 11.2 Å². The summed E-state index contributed by atoms with van der Waals surface area (Å²) in [6.45, 7) is 1.42. The highest BCUT2D eigenvalue weighted by Crippen LogP contribution is 2.14. The van der Waals surface area contributed by atoms with E-state index in [1.807, 2.05) is 0 Å². The number of H-pyrrole nitrogens is 1. The Kier molecular flexibility index (Phi) is 3.08. The number of rotatable bonds is 3. The van der Waals surface area contributed by atoms with E-state index in [0.29, 0.717) is 16.5 Å². The van der Waals surface area contributed by atoms with Crippen molar-refractivity contribution in [1.29, 1.82) is 0 Å². The van der Waals surface area contributed by atoms with Crippen molar-refractivity contribution in [1.82, 2.24) is 4.98 Å². The van der Waals surface area contributed by atoms with Gasteiger partial charge in [0.15, 0.2) is 5.43 Å². The van der Waals surface area contributed by atoms with Crippen molar-refractivity contribution in [3.05, 3.63) is 45.2 Å². The van der Waals surface area contributed by atoms with E-state index in [1.54, 1.807) is 6.07 Å². The third kappa shape index (κ3) is 2.33. The third-order valence-electron chi connectivity index (χ3n) is 2.87. The Hall–Kier alpha value is -2.63. The quantitative estimate of drug-likeness (QED) is 0.768. The Morgan fingerprint density at radius 3 is 2.53 bits per heavy atom. The number of aromatic nitrogens is 1. The van der Waals surface area contributed by atoms with Crippen molar-refractivity contribution >= 4 is 22.8 Å². The smallest absolute Gasteiger partial charge is 0.352 e. The van der Waals surface area contributed by atoms with Crippen molar-refractivity contribution in [3.63, 3.8) is 0 Å². The number of hydrogen-bond acceptors (Lipinski definition) is 3. The van der Waals surface area contributed by atoms with Crippen LogP contribution in [0.15, 0.2) is 23.0 Å². The first-order chi connectivity index (χ1) is 8.90. The molecular formula is C13H11NO5. The lowest BCUT2D eigenvalue weighted by Gasteiger charge is -2.06. The standard InChI is InChI=1S/C13H11NO5/c1-6-11(13(18)19)14-9-3-2-7(5-10(15)16)4-8(9)12(6)17/h2-4H,5H2,1H3,(H,14,17)(H,15,16)(H,18,19). The van der Waals surface area contributed by atoms with Gasteiger partial charge in [-0.15, -0.1) is 0 Å². The van der Waals surface area contributed by atoms with Crippen LogP contribution in [0.3, 0.4) is 0 Å². The highest BCUT2D eigenvalue weighted by atomic mass is 16.4. The molecule has 0 bridgehead atoms. The molecule has 0 saturated heterocycles. The monoisotopic (exact) mass is 261 g/mol. The molecule has 0 saturated carbocycles. The van der Waals surface area contributed by atoms with Crippen LogP contribution < -0.4 is 5.43 Å². The Bertz CT molecular complexity index is 745. The molecule has 1 heterocycles. The largest absolute Gasteiger partial charge is 0.481 e. The predicted octanol–water partition coefficient (Wildman–Crippen LogP) is 1.16. The first-order valence-corrected chi connectivity index (χ1v) is 5.50. The average molecular weight is 261 g/mol. The zero-order chi connectivity index (χ0) is 14.2. The minimum Gasteiger partial charge on any atom is -0.481 e. The van der Waals surface area contributed by atoms with Gasteiger partial charge in [-0.3, -0.25) is 9.59 Å². The first kappa shape index (κ1) is 12.8. The van der Waals surface area contributed by atoms with Gasteiger partial charge in [-0.05, 0) is 24.6 Å². The van der Waals surface area contributed by atoms with Crippen molar-refractivity contribution in [2.75, 3.05) is 0 Å². The number of hydrogen-bond donors (Lipinski definition) is 3. The summed E-state index contributed by atoms with van der Waals surface area (Å²) in [5.41, 5.74) is 0.421. The summed E-state index contributed by atoms with van der Waals surface area (Å²) in [6, 6.07) is 4.54. The van der Waals surface area contributed by atoms with Gasteiger partial charge >= 0.3 is 11.9 Å². The maximum absolute atomic E-state index is 12.1. The van der Waals surface area contributed by atoms with Crippen molar-refractivity contribution in [3.8, 4) is 0 Å². The van der Waals surface area contributed by atoms with E-state index < -0.39 is 17.4 Å². The highest BCUT2D eigenvalue weighted by Gasteiger charge is 2.14. The predicted molar refractivity (Wildman–Crippen MR) is 67.6 cm³/mol. The molecular weight excluding hydrogens is 250 g/mol. The number of nitrogens with one attached hydrogen (secondary N) is 1. The molecule has 0 fully saturated rings. The lowest BCUT2D eigenvalue weighted by atomic mass is 10.1. The van der Waals surface area contributed by atoms with Gasteiger partial charge in [0.25, 0.3) is 0 Å². The van der Waals surface area contributed by atoms with Crippen molar-refractivity contribution < 1.29 is 19.8 Å². The second-order valence-corrected chi connectivity index (χ2v) is 4.21. The molecule has 2 rings (SSSR count). The topological polar surface area (TPSA) is 107 Å². The van der Waals surface area contributed by atoms with Crippen LogP contribution in [0.4, 0.5) is 0 Å². The number of aromatic amines is 1. The Morgan fingerprint density at radius 1 is 1.26 bits per heavy atom. The number of carboxylic acids is 2.